The van der Waals surface area contributed by atoms with E-state index in [0.29, 0.717) is 26.3 Å². The molecule has 5 rings (SSSR count). The van der Waals surface area contributed by atoms with Gasteiger partial charge in [0.1, 0.15) is 0 Å². The van der Waals surface area contributed by atoms with Crippen LogP contribution in [-0.4, -0.2) is 64.5 Å². The van der Waals surface area contributed by atoms with Gasteiger partial charge >= 0.3 is 11.9 Å². The van der Waals surface area contributed by atoms with Crippen LogP contribution in [0, 0.1) is 10.1 Å². The molecule has 0 spiro atoms. The number of amides is 1. The molecule has 0 aliphatic carbocycles. The molecular formula is C28H22F3N5O6. The number of nitrogens with zero attached hydrogens (tertiary/aromatic N) is 5. The van der Waals surface area contributed by atoms with Crippen molar-refractivity contribution >= 4 is 28.7 Å². The molecule has 11 nitrogen and oxygen atoms in total. The number of aromatic nitrogens is 2. The van der Waals surface area contributed by atoms with Gasteiger partial charge in [0.25, 0.3) is 11.5 Å². The molecule has 216 valence electrons. The van der Waals surface area contributed by atoms with Crippen LogP contribution in [0.25, 0.3) is 22.3 Å². The summed E-state index contributed by atoms with van der Waals surface area (Å²) in [5.41, 5.74) is -1.61. The Morgan fingerprint density at radius 2 is 1.86 bits per heavy atom. The molecule has 0 saturated carbocycles. The van der Waals surface area contributed by atoms with Crippen molar-refractivity contribution in [2.24, 2.45) is 5.10 Å². The van der Waals surface area contributed by atoms with Crippen LogP contribution in [-0.2, 0) is 15.7 Å². The highest BCUT2D eigenvalue weighted by Gasteiger charge is 2.31. The standard InChI is InChI=1S/C28H22F3N5O6/c29-28(30,31)20-5-3-4-19(15-20)26-33-22-7-2-1-6-21(22)27(38)35(26)32-16-18-8-9-24(23(14-18)36(39)40)42-17-25(37)34-10-12-41-13-11-34/h1-9,14-16H,10-13,17H2. The van der Waals surface area contributed by atoms with Crippen LogP contribution in [0.5, 0.6) is 5.75 Å². The van der Waals surface area contributed by atoms with Gasteiger partial charge in [-0.3, -0.25) is 19.7 Å². The molecule has 4 aromatic rings. The van der Waals surface area contributed by atoms with Crippen LogP contribution in [0.1, 0.15) is 11.1 Å². The Labute approximate surface area is 235 Å². The molecule has 42 heavy (non-hydrogen) atoms. The number of nitro benzene ring substituents is 1. The Balaban J connectivity index is 1.49. The number of ether oxygens (including phenoxy) is 2. The smallest absolute Gasteiger partial charge is 0.416 e. The van der Waals surface area contributed by atoms with E-state index in [0.717, 1.165) is 29.1 Å². The Hall–Kier alpha value is -5.11. The average molecular weight is 582 g/mol. The first-order valence-corrected chi connectivity index (χ1v) is 12.6. The van der Waals surface area contributed by atoms with Gasteiger partial charge in [-0.05, 0) is 36.4 Å². The quantitative estimate of drug-likeness (QED) is 0.183. The number of benzene rings is 3. The number of morpholine rings is 1. The van der Waals surface area contributed by atoms with Gasteiger partial charge in [0.2, 0.25) is 0 Å². The third-order valence-electron chi connectivity index (χ3n) is 6.42. The van der Waals surface area contributed by atoms with Gasteiger partial charge in [-0.25, -0.2) is 4.98 Å². The zero-order valence-corrected chi connectivity index (χ0v) is 21.8. The zero-order chi connectivity index (χ0) is 29.9. The minimum Gasteiger partial charge on any atom is -0.477 e. The second-order valence-electron chi connectivity index (χ2n) is 9.16. The van der Waals surface area contributed by atoms with Crippen molar-refractivity contribution in [2.45, 2.75) is 6.18 Å². The predicted molar refractivity (Wildman–Crippen MR) is 145 cm³/mol. The summed E-state index contributed by atoms with van der Waals surface area (Å²) in [5.74, 6) is -0.645. The van der Waals surface area contributed by atoms with Crippen LogP contribution < -0.4 is 10.3 Å². The topological polar surface area (TPSA) is 129 Å². The number of carbonyl (C=O) groups excluding carboxylic acids is 1. The lowest BCUT2D eigenvalue weighted by atomic mass is 10.1. The molecule has 3 aromatic carbocycles. The molecule has 14 heteroatoms. The van der Waals surface area contributed by atoms with Crippen molar-refractivity contribution < 1.29 is 32.4 Å². The summed E-state index contributed by atoms with van der Waals surface area (Å²) in [6, 6.07) is 14.5. The SMILES string of the molecule is O=C(COc1ccc(C=Nn2c(-c3cccc(C(F)(F)F)c3)nc3ccccc3c2=O)cc1[N+](=O)[O-])N1CCOCC1. The molecule has 0 N–H and O–H groups in total. The summed E-state index contributed by atoms with van der Waals surface area (Å²) < 4.78 is 51.7. The average Bonchev–Trinajstić information content (AvgIpc) is 2.99. The number of halogens is 3. The normalized spacial score (nSPS) is 13.9. The van der Waals surface area contributed by atoms with Crippen LogP contribution >= 0.6 is 0 Å². The van der Waals surface area contributed by atoms with Crippen molar-refractivity contribution in [1.82, 2.24) is 14.6 Å². The van der Waals surface area contributed by atoms with E-state index in [9.17, 15) is 32.9 Å². The number of carbonyl (C=O) groups is 1. The first-order chi connectivity index (χ1) is 20.1. The molecule has 1 saturated heterocycles. The van der Waals surface area contributed by atoms with Crippen molar-refractivity contribution in [1.29, 1.82) is 0 Å². The second kappa shape index (κ2) is 11.8. The summed E-state index contributed by atoms with van der Waals surface area (Å²) >= 11 is 0. The monoisotopic (exact) mass is 581 g/mol. The lowest BCUT2D eigenvalue weighted by Gasteiger charge is -2.26. The molecule has 1 fully saturated rings. The maximum atomic E-state index is 13.4. The zero-order valence-electron chi connectivity index (χ0n) is 21.8. The van der Waals surface area contributed by atoms with Crippen molar-refractivity contribution in [2.75, 3.05) is 32.9 Å². The molecule has 0 bridgehead atoms. The summed E-state index contributed by atoms with van der Waals surface area (Å²) in [6.45, 7) is 1.17. The summed E-state index contributed by atoms with van der Waals surface area (Å²) in [4.78, 5) is 42.7. The highest BCUT2D eigenvalue weighted by Crippen LogP contribution is 2.32. The molecule has 1 aliphatic heterocycles. The molecule has 1 aromatic heterocycles. The van der Waals surface area contributed by atoms with Gasteiger partial charge in [0.15, 0.2) is 18.2 Å². The molecule has 1 aliphatic rings. The number of rotatable bonds is 7. The van der Waals surface area contributed by atoms with Gasteiger partial charge in [0.05, 0.1) is 40.8 Å². The van der Waals surface area contributed by atoms with Crippen LogP contribution in [0.2, 0.25) is 0 Å². The largest absolute Gasteiger partial charge is 0.477 e. The van der Waals surface area contributed by atoms with Crippen molar-refractivity contribution in [3.8, 4) is 17.1 Å². The third kappa shape index (κ3) is 6.12. The lowest BCUT2D eigenvalue weighted by molar-refractivity contribution is -0.385. The van der Waals surface area contributed by atoms with Gasteiger partial charge in [-0.2, -0.15) is 22.9 Å². The molecule has 0 unspecified atom stereocenters. The van der Waals surface area contributed by atoms with E-state index in [-0.39, 0.29) is 39.5 Å². The van der Waals surface area contributed by atoms with E-state index in [1.165, 1.54) is 35.2 Å². The van der Waals surface area contributed by atoms with E-state index in [1.54, 1.807) is 18.2 Å². The molecule has 2 heterocycles. The number of hydrogen-bond donors (Lipinski definition) is 0. The molecular weight excluding hydrogens is 559 g/mol. The Morgan fingerprint density at radius 1 is 1.10 bits per heavy atom. The highest BCUT2D eigenvalue weighted by atomic mass is 19.4. The summed E-state index contributed by atoms with van der Waals surface area (Å²) in [7, 11) is 0. The Kier molecular flexibility index (Phi) is 7.97. The maximum Gasteiger partial charge on any atom is 0.416 e. The van der Waals surface area contributed by atoms with Gasteiger partial charge in [-0.1, -0.05) is 24.3 Å². The van der Waals surface area contributed by atoms with Crippen LogP contribution in [0.3, 0.4) is 0 Å². The van der Waals surface area contributed by atoms with E-state index in [4.69, 9.17) is 9.47 Å². The van der Waals surface area contributed by atoms with Gasteiger partial charge in [-0.15, -0.1) is 0 Å². The minimum absolute atomic E-state index is 0.00973. The fourth-order valence-corrected chi connectivity index (χ4v) is 4.30. The maximum absolute atomic E-state index is 13.4. The van der Waals surface area contributed by atoms with Crippen LogP contribution in [0.4, 0.5) is 18.9 Å². The van der Waals surface area contributed by atoms with E-state index >= 15 is 0 Å². The molecule has 0 atom stereocenters. The molecule has 0 radical (unpaired) electrons. The highest BCUT2D eigenvalue weighted by molar-refractivity contribution is 5.83. The second-order valence-corrected chi connectivity index (χ2v) is 9.16. The van der Waals surface area contributed by atoms with Crippen molar-refractivity contribution in [3.63, 3.8) is 0 Å². The Morgan fingerprint density at radius 3 is 2.60 bits per heavy atom. The van der Waals surface area contributed by atoms with E-state index in [1.807, 2.05) is 0 Å². The fraction of sp³-hybridized carbons (Fsp3) is 0.214. The van der Waals surface area contributed by atoms with Gasteiger partial charge < -0.3 is 14.4 Å². The minimum atomic E-state index is -4.63. The number of fused-ring (bicyclic) bond motifs is 1. The molecule has 1 amide bonds. The summed E-state index contributed by atoms with van der Waals surface area (Å²) in [6.07, 6.45) is -3.48. The van der Waals surface area contributed by atoms with Gasteiger partial charge in [0, 0.05) is 30.3 Å². The fourth-order valence-electron chi connectivity index (χ4n) is 4.30. The van der Waals surface area contributed by atoms with Crippen molar-refractivity contribution in [3.05, 3.63) is 98.3 Å². The Bertz CT molecular complexity index is 1750. The first-order valence-electron chi connectivity index (χ1n) is 12.6. The number of para-hydroxylation sites is 1. The lowest BCUT2D eigenvalue weighted by Crippen LogP contribution is -2.43. The summed E-state index contributed by atoms with van der Waals surface area (Å²) in [5, 5.41) is 16.1. The van der Waals surface area contributed by atoms with E-state index < -0.39 is 34.5 Å². The van der Waals surface area contributed by atoms with Crippen LogP contribution in [0.15, 0.2) is 76.6 Å². The number of alkyl halides is 3. The van der Waals surface area contributed by atoms with E-state index in [2.05, 4.69) is 10.1 Å². The number of nitro groups is 1. The number of hydrogen-bond acceptors (Lipinski definition) is 8. The predicted octanol–water partition coefficient (Wildman–Crippen LogP) is 4.11. The first kappa shape index (κ1) is 28.4. The third-order valence-corrected chi connectivity index (χ3v) is 6.42.